The summed E-state index contributed by atoms with van der Waals surface area (Å²) < 4.78 is 5.72. The lowest BCUT2D eigenvalue weighted by Gasteiger charge is -2.25. The Hall–Kier alpha value is -1.14. The minimum atomic E-state index is -0.921. The van der Waals surface area contributed by atoms with E-state index in [9.17, 15) is 14.7 Å². The van der Waals surface area contributed by atoms with Crippen molar-refractivity contribution in [1.82, 2.24) is 10.6 Å². The number of carbonyl (C=O) groups excluding carboxylic acids is 2. The van der Waals surface area contributed by atoms with Crippen molar-refractivity contribution in [2.45, 2.75) is 79.8 Å². The largest absolute Gasteiger partial charge is 0.389 e. The van der Waals surface area contributed by atoms with Crippen LogP contribution in [0.5, 0.6) is 0 Å². The lowest BCUT2D eigenvalue weighted by Crippen LogP contribution is -2.43. The second-order valence-electron chi connectivity index (χ2n) is 8.91. The van der Waals surface area contributed by atoms with E-state index >= 15 is 0 Å². The van der Waals surface area contributed by atoms with Gasteiger partial charge in [-0.3, -0.25) is 9.59 Å². The number of ether oxygens (including phenoxy) is 1. The van der Waals surface area contributed by atoms with Gasteiger partial charge in [-0.05, 0) is 38.5 Å². The number of hydrogen-bond donors (Lipinski definition) is 3. The Kier molecular flexibility index (Phi) is 13.4. The molecule has 3 N–H and O–H groups in total. The summed E-state index contributed by atoms with van der Waals surface area (Å²) in [6.07, 6.45) is 3.60. The monoisotopic (exact) mass is 400 g/mol. The van der Waals surface area contributed by atoms with Gasteiger partial charge in [0.15, 0.2) is 0 Å². The van der Waals surface area contributed by atoms with Crippen molar-refractivity contribution >= 4 is 11.8 Å². The van der Waals surface area contributed by atoms with Gasteiger partial charge >= 0.3 is 0 Å². The van der Waals surface area contributed by atoms with E-state index in [1.807, 2.05) is 6.92 Å². The minimum absolute atomic E-state index is 0.0345. The maximum absolute atomic E-state index is 12.5. The minimum Gasteiger partial charge on any atom is -0.389 e. The molecule has 28 heavy (non-hydrogen) atoms. The first-order valence-electron chi connectivity index (χ1n) is 10.9. The van der Waals surface area contributed by atoms with E-state index in [4.69, 9.17) is 4.74 Å². The van der Waals surface area contributed by atoms with Crippen LogP contribution in [0.4, 0.5) is 0 Å². The molecular weight excluding hydrogens is 356 g/mol. The second-order valence-corrected chi connectivity index (χ2v) is 8.91. The third-order valence-electron chi connectivity index (χ3n) is 4.99. The van der Waals surface area contributed by atoms with Gasteiger partial charge in [0.05, 0.1) is 12.2 Å². The molecule has 0 saturated heterocycles. The molecule has 3 atom stereocenters. The van der Waals surface area contributed by atoms with Gasteiger partial charge in [0, 0.05) is 31.5 Å². The molecule has 0 heterocycles. The maximum Gasteiger partial charge on any atom is 0.223 e. The third-order valence-corrected chi connectivity index (χ3v) is 4.99. The molecule has 0 aromatic rings. The quantitative estimate of drug-likeness (QED) is 0.369. The first-order valence-corrected chi connectivity index (χ1v) is 10.9. The summed E-state index contributed by atoms with van der Waals surface area (Å²) >= 11 is 0. The van der Waals surface area contributed by atoms with E-state index < -0.39 is 5.60 Å². The average molecular weight is 401 g/mol. The van der Waals surface area contributed by atoms with Crippen LogP contribution in [0.3, 0.4) is 0 Å². The molecule has 0 aliphatic carbocycles. The van der Waals surface area contributed by atoms with Crippen LogP contribution in [-0.2, 0) is 14.3 Å². The van der Waals surface area contributed by atoms with Crippen molar-refractivity contribution in [1.29, 1.82) is 0 Å². The Bertz CT molecular complexity index is 446. The molecule has 1 unspecified atom stereocenters. The number of hydrogen-bond acceptors (Lipinski definition) is 4. The Labute approximate surface area is 172 Å². The zero-order valence-electron chi connectivity index (χ0n) is 19.1. The average Bonchev–Trinajstić information content (AvgIpc) is 2.60. The van der Waals surface area contributed by atoms with Crippen LogP contribution >= 0.6 is 0 Å². The summed E-state index contributed by atoms with van der Waals surface area (Å²) in [5, 5.41) is 15.6. The van der Waals surface area contributed by atoms with Crippen LogP contribution in [0.15, 0.2) is 0 Å². The maximum atomic E-state index is 12.5. The van der Waals surface area contributed by atoms with Crippen LogP contribution in [0.2, 0.25) is 0 Å². The predicted octanol–water partition coefficient (Wildman–Crippen LogP) is 3.13. The van der Waals surface area contributed by atoms with Crippen LogP contribution in [0.25, 0.3) is 0 Å². The number of aliphatic hydroxyl groups is 1. The van der Waals surface area contributed by atoms with Gasteiger partial charge in [-0.15, -0.1) is 0 Å². The number of nitrogens with one attached hydrogen (secondary N) is 2. The van der Waals surface area contributed by atoms with Crippen molar-refractivity contribution in [3.63, 3.8) is 0 Å². The standard InChI is InChI=1S/C22H44N2O4/c1-8-10-18(16(3)4)20(25)23-12-13-28-14-17(5)19(11-9-2)21(26)24-15-22(6,7)27/h16-19,27H,8-15H2,1-7H3,(H,23,25)(H,24,26)/t17?,18-,19-/m1/s1. The third kappa shape index (κ3) is 11.6. The zero-order chi connectivity index (χ0) is 21.7. The molecular formula is C22H44N2O4. The molecule has 6 heteroatoms. The number of rotatable bonds is 15. The van der Waals surface area contributed by atoms with Gasteiger partial charge in [0.25, 0.3) is 0 Å². The molecule has 0 saturated carbocycles. The van der Waals surface area contributed by atoms with Gasteiger partial charge in [-0.2, -0.15) is 0 Å². The fourth-order valence-corrected chi connectivity index (χ4v) is 3.26. The van der Waals surface area contributed by atoms with Crippen molar-refractivity contribution in [2.75, 3.05) is 26.3 Å². The lowest BCUT2D eigenvalue weighted by atomic mass is 9.89. The zero-order valence-corrected chi connectivity index (χ0v) is 19.1. The van der Waals surface area contributed by atoms with Gasteiger partial charge < -0.3 is 20.5 Å². The highest BCUT2D eigenvalue weighted by molar-refractivity contribution is 5.79. The van der Waals surface area contributed by atoms with Gasteiger partial charge in [-0.1, -0.05) is 47.5 Å². The van der Waals surface area contributed by atoms with Crippen LogP contribution in [0, 0.1) is 23.7 Å². The highest BCUT2D eigenvalue weighted by Gasteiger charge is 2.26. The molecule has 0 aromatic carbocycles. The van der Waals surface area contributed by atoms with Gasteiger partial charge in [0.2, 0.25) is 11.8 Å². The molecule has 6 nitrogen and oxygen atoms in total. The molecule has 0 aromatic heterocycles. The van der Waals surface area contributed by atoms with Gasteiger partial charge in [-0.25, -0.2) is 0 Å². The summed E-state index contributed by atoms with van der Waals surface area (Å²) in [4.78, 5) is 24.7. The SMILES string of the molecule is CCC[C@@H](C(=O)NCCOCC(C)[C@@H](CCC)C(=O)NCC(C)(C)O)C(C)C. The first kappa shape index (κ1) is 26.9. The van der Waals surface area contributed by atoms with Crippen molar-refractivity contribution in [3.8, 4) is 0 Å². The van der Waals surface area contributed by atoms with Crippen LogP contribution < -0.4 is 10.6 Å². The molecule has 2 amide bonds. The van der Waals surface area contributed by atoms with Crippen molar-refractivity contribution < 1.29 is 19.4 Å². The summed E-state index contributed by atoms with van der Waals surface area (Å²) in [6.45, 7) is 15.3. The van der Waals surface area contributed by atoms with E-state index in [1.165, 1.54) is 0 Å². The molecule has 0 radical (unpaired) electrons. The van der Waals surface area contributed by atoms with E-state index in [0.717, 1.165) is 25.7 Å². The number of carbonyl (C=O) groups is 2. The van der Waals surface area contributed by atoms with Crippen molar-refractivity contribution in [3.05, 3.63) is 0 Å². The molecule has 0 bridgehead atoms. The summed E-state index contributed by atoms with van der Waals surface area (Å²) in [5.74, 6) is 0.379. The molecule has 166 valence electrons. The molecule has 0 rings (SSSR count). The Morgan fingerprint density at radius 3 is 2.00 bits per heavy atom. The smallest absolute Gasteiger partial charge is 0.223 e. The molecule has 0 spiro atoms. The first-order chi connectivity index (χ1) is 13.0. The summed E-state index contributed by atoms with van der Waals surface area (Å²) in [5.41, 5.74) is -0.921. The Morgan fingerprint density at radius 1 is 0.964 bits per heavy atom. The topological polar surface area (TPSA) is 87.7 Å². The Morgan fingerprint density at radius 2 is 1.50 bits per heavy atom. The molecule has 0 aliphatic heterocycles. The van der Waals surface area contributed by atoms with E-state index in [1.54, 1.807) is 13.8 Å². The summed E-state index contributed by atoms with van der Waals surface area (Å²) in [7, 11) is 0. The Balaban J connectivity index is 4.32. The van der Waals surface area contributed by atoms with E-state index in [-0.39, 0.29) is 36.1 Å². The predicted molar refractivity (Wildman–Crippen MR) is 114 cm³/mol. The second kappa shape index (κ2) is 13.9. The highest BCUT2D eigenvalue weighted by atomic mass is 16.5. The lowest BCUT2D eigenvalue weighted by molar-refractivity contribution is -0.128. The van der Waals surface area contributed by atoms with E-state index in [0.29, 0.717) is 25.7 Å². The van der Waals surface area contributed by atoms with Crippen LogP contribution in [0.1, 0.15) is 74.1 Å². The van der Waals surface area contributed by atoms with Crippen LogP contribution in [-0.4, -0.2) is 48.8 Å². The highest BCUT2D eigenvalue weighted by Crippen LogP contribution is 2.19. The molecule has 0 fully saturated rings. The number of amides is 2. The van der Waals surface area contributed by atoms with Gasteiger partial charge in [0.1, 0.15) is 0 Å². The van der Waals surface area contributed by atoms with E-state index in [2.05, 4.69) is 38.3 Å². The fourth-order valence-electron chi connectivity index (χ4n) is 3.26. The normalized spacial score (nSPS) is 15.2. The van der Waals surface area contributed by atoms with Crippen molar-refractivity contribution in [2.24, 2.45) is 23.7 Å². The molecule has 0 aliphatic rings. The summed E-state index contributed by atoms with van der Waals surface area (Å²) in [6, 6.07) is 0. The fraction of sp³-hybridized carbons (Fsp3) is 0.909.